The summed E-state index contributed by atoms with van der Waals surface area (Å²) in [6.45, 7) is 1.98. The Bertz CT molecular complexity index is 410. The molecule has 2 aromatic heterocycles. The van der Waals surface area contributed by atoms with Gasteiger partial charge in [-0.2, -0.15) is 4.98 Å². The Hall–Kier alpha value is -1.09. The first kappa shape index (κ1) is 7.55. The Morgan fingerprint density at radius 1 is 1.42 bits per heavy atom. The van der Waals surface area contributed by atoms with Crippen molar-refractivity contribution in [3.63, 3.8) is 0 Å². The van der Waals surface area contributed by atoms with Gasteiger partial charge in [-0.1, -0.05) is 18.5 Å². The maximum atomic E-state index is 5.67. The minimum absolute atomic E-state index is 0.432. The Morgan fingerprint density at radius 3 is 3.00 bits per heavy atom. The number of nitrogens with zero attached hydrogens (tertiary/aromatic N) is 2. The molecule has 0 radical (unpaired) electrons. The summed E-state index contributed by atoms with van der Waals surface area (Å²) < 4.78 is 5.29. The quantitative estimate of drug-likeness (QED) is 0.636. The molecule has 2 heterocycles. The highest BCUT2D eigenvalue weighted by Crippen LogP contribution is 2.16. The van der Waals surface area contributed by atoms with Crippen molar-refractivity contribution in [3.8, 4) is 0 Å². The molecule has 0 N–H and O–H groups in total. The van der Waals surface area contributed by atoms with Crippen molar-refractivity contribution in [2.45, 2.75) is 13.3 Å². The highest BCUT2D eigenvalue weighted by molar-refractivity contribution is 6.29. The van der Waals surface area contributed by atoms with Crippen LogP contribution in [0, 0.1) is 0 Å². The van der Waals surface area contributed by atoms with Gasteiger partial charge < -0.3 is 4.42 Å². The van der Waals surface area contributed by atoms with Gasteiger partial charge in [-0.25, -0.2) is 4.98 Å². The predicted molar refractivity (Wildman–Crippen MR) is 46.2 cm³/mol. The second-order valence-corrected chi connectivity index (χ2v) is 2.81. The lowest BCUT2D eigenvalue weighted by molar-refractivity contribution is 0.529. The van der Waals surface area contributed by atoms with E-state index >= 15 is 0 Å². The standard InChI is InChI=1S/C8H7ClN2O/c1-2-7-10-5-3-4-6(9)11-8(5)12-7/h3-4H,2H2,1H3. The Balaban J connectivity index is 2.67. The summed E-state index contributed by atoms with van der Waals surface area (Å²) >= 11 is 5.67. The molecule has 0 amide bonds. The molecule has 0 fully saturated rings. The van der Waals surface area contributed by atoms with Gasteiger partial charge in [-0.05, 0) is 12.1 Å². The molecule has 3 nitrogen and oxygen atoms in total. The number of oxazole rings is 1. The van der Waals surface area contributed by atoms with Crippen molar-refractivity contribution in [2.24, 2.45) is 0 Å². The molecule has 0 atom stereocenters. The van der Waals surface area contributed by atoms with Crippen molar-refractivity contribution >= 4 is 22.8 Å². The number of hydrogen-bond acceptors (Lipinski definition) is 3. The summed E-state index contributed by atoms with van der Waals surface area (Å²) in [5.41, 5.74) is 1.27. The molecule has 0 aliphatic heterocycles. The number of aromatic nitrogens is 2. The molecule has 0 aromatic carbocycles. The van der Waals surface area contributed by atoms with Gasteiger partial charge >= 0.3 is 0 Å². The first-order valence-corrected chi connectivity index (χ1v) is 4.09. The molecule has 0 aliphatic rings. The van der Waals surface area contributed by atoms with Crippen molar-refractivity contribution in [1.29, 1.82) is 0 Å². The fraction of sp³-hybridized carbons (Fsp3) is 0.250. The van der Waals surface area contributed by atoms with Crippen LogP contribution >= 0.6 is 11.6 Å². The maximum absolute atomic E-state index is 5.67. The van der Waals surface area contributed by atoms with Gasteiger partial charge in [0.05, 0.1) is 0 Å². The van der Waals surface area contributed by atoms with E-state index in [2.05, 4.69) is 9.97 Å². The minimum Gasteiger partial charge on any atom is -0.422 e. The Kier molecular flexibility index (Phi) is 1.73. The Morgan fingerprint density at radius 2 is 2.25 bits per heavy atom. The van der Waals surface area contributed by atoms with Crippen LogP contribution in [0.25, 0.3) is 11.2 Å². The van der Waals surface area contributed by atoms with Crippen LogP contribution in [0.4, 0.5) is 0 Å². The molecule has 4 heteroatoms. The van der Waals surface area contributed by atoms with Crippen LogP contribution < -0.4 is 0 Å². The average Bonchev–Trinajstić information content (AvgIpc) is 2.46. The van der Waals surface area contributed by atoms with Gasteiger partial charge in [-0.15, -0.1) is 0 Å². The predicted octanol–water partition coefficient (Wildman–Crippen LogP) is 2.44. The number of fused-ring (bicyclic) bond motifs is 1. The summed E-state index contributed by atoms with van der Waals surface area (Å²) in [6.07, 6.45) is 0.772. The number of pyridine rings is 1. The van der Waals surface area contributed by atoms with Gasteiger partial charge in [0, 0.05) is 6.42 Å². The molecule has 2 rings (SSSR count). The minimum atomic E-state index is 0.432. The van der Waals surface area contributed by atoms with E-state index in [-0.39, 0.29) is 0 Å². The topological polar surface area (TPSA) is 38.9 Å². The van der Waals surface area contributed by atoms with Crippen LogP contribution in [-0.2, 0) is 6.42 Å². The van der Waals surface area contributed by atoms with E-state index in [1.54, 1.807) is 12.1 Å². The number of aryl methyl sites for hydroxylation is 1. The zero-order valence-electron chi connectivity index (χ0n) is 6.54. The molecule has 0 saturated carbocycles. The normalized spacial score (nSPS) is 10.8. The molecule has 0 spiro atoms. The van der Waals surface area contributed by atoms with Crippen molar-refractivity contribution in [3.05, 3.63) is 23.2 Å². The van der Waals surface area contributed by atoms with E-state index in [0.29, 0.717) is 16.8 Å². The molecule has 2 aromatic rings. The second kappa shape index (κ2) is 2.75. The number of halogens is 1. The van der Waals surface area contributed by atoms with Crippen LogP contribution in [0.2, 0.25) is 5.15 Å². The lowest BCUT2D eigenvalue weighted by atomic mass is 10.4. The third kappa shape index (κ3) is 1.16. The molecule has 0 aliphatic carbocycles. The molecular weight excluding hydrogens is 176 g/mol. The first-order chi connectivity index (χ1) is 5.79. The van der Waals surface area contributed by atoms with Gasteiger partial charge in [0.25, 0.3) is 0 Å². The van der Waals surface area contributed by atoms with E-state index in [1.165, 1.54) is 0 Å². The molecule has 0 unspecified atom stereocenters. The van der Waals surface area contributed by atoms with Gasteiger partial charge in [0.2, 0.25) is 5.71 Å². The summed E-state index contributed by atoms with van der Waals surface area (Å²) in [7, 11) is 0. The SMILES string of the molecule is CCc1nc2ccc(Cl)nc2o1. The fourth-order valence-electron chi connectivity index (χ4n) is 0.991. The van der Waals surface area contributed by atoms with Crippen molar-refractivity contribution in [2.75, 3.05) is 0 Å². The fourth-order valence-corrected chi connectivity index (χ4v) is 1.13. The molecule has 0 bridgehead atoms. The smallest absolute Gasteiger partial charge is 0.248 e. The average molecular weight is 183 g/mol. The van der Waals surface area contributed by atoms with Gasteiger partial charge in [-0.3, -0.25) is 0 Å². The lowest BCUT2D eigenvalue weighted by Crippen LogP contribution is -1.75. The Labute approximate surface area is 74.4 Å². The van der Waals surface area contributed by atoms with Crippen LogP contribution in [0.15, 0.2) is 16.5 Å². The van der Waals surface area contributed by atoms with Gasteiger partial charge in [0.1, 0.15) is 10.7 Å². The number of rotatable bonds is 1. The highest BCUT2D eigenvalue weighted by Gasteiger charge is 2.04. The third-order valence-electron chi connectivity index (χ3n) is 1.57. The molecule has 62 valence electrons. The third-order valence-corrected chi connectivity index (χ3v) is 1.78. The summed E-state index contributed by atoms with van der Waals surface area (Å²) in [5.74, 6) is 0.694. The first-order valence-electron chi connectivity index (χ1n) is 3.71. The number of hydrogen-bond donors (Lipinski definition) is 0. The van der Waals surface area contributed by atoms with E-state index < -0.39 is 0 Å². The van der Waals surface area contributed by atoms with Crippen LogP contribution in [-0.4, -0.2) is 9.97 Å². The summed E-state index contributed by atoms with van der Waals surface area (Å²) in [5, 5.41) is 0.432. The maximum Gasteiger partial charge on any atom is 0.248 e. The van der Waals surface area contributed by atoms with Crippen LogP contribution in [0.3, 0.4) is 0 Å². The van der Waals surface area contributed by atoms with Crippen LogP contribution in [0.5, 0.6) is 0 Å². The zero-order chi connectivity index (χ0) is 8.55. The molecular formula is C8H7ClN2O. The van der Waals surface area contributed by atoms with E-state index in [4.69, 9.17) is 16.0 Å². The van der Waals surface area contributed by atoms with E-state index in [9.17, 15) is 0 Å². The monoisotopic (exact) mass is 182 g/mol. The van der Waals surface area contributed by atoms with Crippen molar-refractivity contribution in [1.82, 2.24) is 9.97 Å². The van der Waals surface area contributed by atoms with Gasteiger partial charge in [0.15, 0.2) is 5.89 Å². The zero-order valence-corrected chi connectivity index (χ0v) is 7.30. The summed E-state index contributed by atoms with van der Waals surface area (Å²) in [4.78, 5) is 8.17. The molecule has 0 saturated heterocycles. The summed E-state index contributed by atoms with van der Waals surface area (Å²) in [6, 6.07) is 3.50. The lowest BCUT2D eigenvalue weighted by Gasteiger charge is -1.85. The second-order valence-electron chi connectivity index (χ2n) is 2.42. The van der Waals surface area contributed by atoms with E-state index in [1.807, 2.05) is 6.92 Å². The van der Waals surface area contributed by atoms with E-state index in [0.717, 1.165) is 11.9 Å². The van der Waals surface area contributed by atoms with Crippen molar-refractivity contribution < 1.29 is 4.42 Å². The largest absolute Gasteiger partial charge is 0.422 e. The highest BCUT2D eigenvalue weighted by atomic mass is 35.5. The van der Waals surface area contributed by atoms with Crippen LogP contribution in [0.1, 0.15) is 12.8 Å². The molecule has 12 heavy (non-hydrogen) atoms.